The quantitative estimate of drug-likeness (QED) is 0.822. The molecule has 0 radical (unpaired) electrons. The number of rotatable bonds is 1. The second-order valence-corrected chi connectivity index (χ2v) is 6.05. The number of nitrogen functional groups attached to an aromatic ring is 1. The van der Waals surface area contributed by atoms with E-state index < -0.39 is 0 Å². The minimum atomic E-state index is 0.0227. The monoisotopic (exact) mass is 295 g/mol. The molecule has 1 saturated heterocycles. The lowest BCUT2D eigenvalue weighted by Gasteiger charge is -2.26. The van der Waals surface area contributed by atoms with Crippen LogP contribution in [0, 0.1) is 0 Å². The predicted molar refractivity (Wildman–Crippen MR) is 78.8 cm³/mol. The van der Waals surface area contributed by atoms with Gasteiger partial charge in [-0.2, -0.15) is 0 Å². The van der Waals surface area contributed by atoms with Crippen molar-refractivity contribution in [3.05, 3.63) is 22.3 Å². The summed E-state index contributed by atoms with van der Waals surface area (Å²) >= 11 is 7.39. The zero-order valence-corrected chi connectivity index (χ0v) is 11.9. The molecule has 2 aromatic rings. The van der Waals surface area contributed by atoms with E-state index in [9.17, 15) is 4.79 Å². The van der Waals surface area contributed by atoms with Crippen molar-refractivity contribution in [2.75, 3.05) is 18.8 Å². The zero-order chi connectivity index (χ0) is 13.4. The molecule has 3 heterocycles. The number of thiophene rings is 1. The Morgan fingerprint density at radius 1 is 1.37 bits per heavy atom. The molecular formula is C13H14ClN3OS. The van der Waals surface area contributed by atoms with Crippen molar-refractivity contribution >= 4 is 44.6 Å². The molecule has 0 bridgehead atoms. The van der Waals surface area contributed by atoms with E-state index >= 15 is 0 Å². The molecule has 3 rings (SSSR count). The van der Waals surface area contributed by atoms with Crippen LogP contribution in [0.4, 0.5) is 5.69 Å². The first-order valence-electron chi connectivity index (χ1n) is 6.30. The maximum atomic E-state index is 12.5. The number of hydrogen-bond acceptors (Lipinski definition) is 4. The third kappa shape index (κ3) is 2.17. The van der Waals surface area contributed by atoms with Crippen LogP contribution >= 0.6 is 22.9 Å². The number of carbonyl (C=O) groups is 1. The van der Waals surface area contributed by atoms with Crippen LogP contribution in [0.25, 0.3) is 10.1 Å². The van der Waals surface area contributed by atoms with Gasteiger partial charge in [0.1, 0.15) is 10.0 Å². The average molecular weight is 296 g/mol. The number of likely N-dealkylation sites (tertiary alicyclic amines) is 1. The van der Waals surface area contributed by atoms with Gasteiger partial charge in [-0.15, -0.1) is 11.3 Å². The van der Waals surface area contributed by atoms with Gasteiger partial charge in [0.2, 0.25) is 0 Å². The fourth-order valence-electron chi connectivity index (χ4n) is 2.41. The molecule has 0 aliphatic carbocycles. The highest BCUT2D eigenvalue weighted by atomic mass is 35.5. The SMILES string of the molecule is Nc1c(C(=O)N2CCCCC2)sc2c(Cl)nccc12. The van der Waals surface area contributed by atoms with Gasteiger partial charge in [0.05, 0.1) is 10.4 Å². The van der Waals surface area contributed by atoms with Crippen molar-refractivity contribution in [2.45, 2.75) is 19.3 Å². The Morgan fingerprint density at radius 2 is 2.11 bits per heavy atom. The average Bonchev–Trinajstić information content (AvgIpc) is 2.78. The second kappa shape index (κ2) is 4.98. The van der Waals surface area contributed by atoms with Crippen LogP contribution in [0.2, 0.25) is 5.15 Å². The molecule has 1 aliphatic heterocycles. The van der Waals surface area contributed by atoms with Crippen LogP contribution in [-0.4, -0.2) is 28.9 Å². The van der Waals surface area contributed by atoms with Crippen LogP contribution in [0.1, 0.15) is 28.9 Å². The molecule has 4 nitrogen and oxygen atoms in total. The van der Waals surface area contributed by atoms with E-state index in [1.807, 2.05) is 4.90 Å². The van der Waals surface area contributed by atoms with Crippen LogP contribution in [0.15, 0.2) is 12.3 Å². The molecule has 1 fully saturated rings. The fraction of sp³-hybridized carbons (Fsp3) is 0.385. The van der Waals surface area contributed by atoms with Gasteiger partial charge >= 0.3 is 0 Å². The summed E-state index contributed by atoms with van der Waals surface area (Å²) in [5.74, 6) is 0.0227. The summed E-state index contributed by atoms with van der Waals surface area (Å²) in [5.41, 5.74) is 6.62. The molecule has 1 amide bonds. The molecule has 0 unspecified atom stereocenters. The van der Waals surface area contributed by atoms with Gasteiger partial charge in [-0.05, 0) is 25.3 Å². The van der Waals surface area contributed by atoms with E-state index in [4.69, 9.17) is 17.3 Å². The normalized spacial score (nSPS) is 15.9. The Labute approximate surface area is 120 Å². The number of nitrogens with zero attached hydrogens (tertiary/aromatic N) is 2. The third-order valence-electron chi connectivity index (χ3n) is 3.44. The van der Waals surface area contributed by atoms with Gasteiger partial charge < -0.3 is 10.6 Å². The Balaban J connectivity index is 2.02. The van der Waals surface area contributed by atoms with E-state index in [-0.39, 0.29) is 5.91 Å². The maximum Gasteiger partial charge on any atom is 0.266 e. The number of halogens is 1. The number of amides is 1. The van der Waals surface area contributed by atoms with Crippen LogP contribution in [0.5, 0.6) is 0 Å². The highest BCUT2D eigenvalue weighted by Gasteiger charge is 2.24. The Kier molecular flexibility index (Phi) is 3.33. The summed E-state index contributed by atoms with van der Waals surface area (Å²) in [6, 6.07) is 1.81. The molecule has 2 aromatic heterocycles. The smallest absolute Gasteiger partial charge is 0.266 e. The number of piperidine rings is 1. The number of carbonyl (C=O) groups excluding carboxylic acids is 1. The molecule has 6 heteroatoms. The summed E-state index contributed by atoms with van der Waals surface area (Å²) in [4.78, 5) is 19.0. The second-order valence-electron chi connectivity index (χ2n) is 4.68. The number of pyridine rings is 1. The van der Waals surface area contributed by atoms with Crippen molar-refractivity contribution < 1.29 is 4.79 Å². The highest BCUT2D eigenvalue weighted by Crippen LogP contribution is 2.37. The van der Waals surface area contributed by atoms with Crippen molar-refractivity contribution in [3.63, 3.8) is 0 Å². The summed E-state index contributed by atoms with van der Waals surface area (Å²) < 4.78 is 0.794. The molecule has 100 valence electrons. The lowest BCUT2D eigenvalue weighted by atomic mass is 10.1. The first kappa shape index (κ1) is 12.7. The molecular weight excluding hydrogens is 282 g/mol. The summed E-state index contributed by atoms with van der Waals surface area (Å²) in [5, 5.41) is 1.23. The molecule has 0 saturated carbocycles. The Morgan fingerprint density at radius 3 is 2.79 bits per heavy atom. The lowest BCUT2D eigenvalue weighted by molar-refractivity contribution is 0.0730. The van der Waals surface area contributed by atoms with E-state index in [0.29, 0.717) is 15.7 Å². The molecule has 1 aliphatic rings. The minimum absolute atomic E-state index is 0.0227. The molecule has 19 heavy (non-hydrogen) atoms. The van der Waals surface area contributed by atoms with Crippen LogP contribution in [0.3, 0.4) is 0 Å². The topological polar surface area (TPSA) is 59.2 Å². The van der Waals surface area contributed by atoms with E-state index in [0.717, 1.165) is 36.0 Å². The van der Waals surface area contributed by atoms with Gasteiger partial charge in [-0.25, -0.2) is 4.98 Å². The first-order chi connectivity index (χ1) is 9.18. The van der Waals surface area contributed by atoms with Gasteiger partial charge in [0.15, 0.2) is 0 Å². The summed E-state index contributed by atoms with van der Waals surface area (Å²) in [6.45, 7) is 1.64. The highest BCUT2D eigenvalue weighted by molar-refractivity contribution is 7.22. The van der Waals surface area contributed by atoms with Crippen LogP contribution in [-0.2, 0) is 0 Å². The summed E-state index contributed by atoms with van der Waals surface area (Å²) in [7, 11) is 0. The molecule has 0 spiro atoms. The zero-order valence-electron chi connectivity index (χ0n) is 10.4. The van der Waals surface area contributed by atoms with E-state index in [1.165, 1.54) is 17.8 Å². The van der Waals surface area contributed by atoms with Crippen LogP contribution < -0.4 is 5.73 Å². The van der Waals surface area contributed by atoms with Gasteiger partial charge in [-0.1, -0.05) is 11.6 Å². The van der Waals surface area contributed by atoms with Gasteiger partial charge in [-0.3, -0.25) is 4.79 Å². The largest absolute Gasteiger partial charge is 0.397 e. The van der Waals surface area contributed by atoms with Gasteiger partial charge in [0.25, 0.3) is 5.91 Å². The predicted octanol–water partition coefficient (Wildman–Crippen LogP) is 3.16. The number of aromatic nitrogens is 1. The molecule has 0 aromatic carbocycles. The Bertz CT molecular complexity index is 634. The maximum absolute atomic E-state index is 12.5. The van der Waals surface area contributed by atoms with E-state index in [1.54, 1.807) is 12.3 Å². The fourth-order valence-corrected chi connectivity index (χ4v) is 3.75. The summed E-state index contributed by atoms with van der Waals surface area (Å²) in [6.07, 6.45) is 4.95. The third-order valence-corrected chi connectivity index (χ3v) is 5.05. The van der Waals surface area contributed by atoms with Crippen molar-refractivity contribution in [2.24, 2.45) is 0 Å². The number of nitrogens with two attached hydrogens (primary N) is 1. The number of hydrogen-bond donors (Lipinski definition) is 1. The number of anilines is 1. The lowest BCUT2D eigenvalue weighted by Crippen LogP contribution is -2.35. The molecule has 2 N–H and O–H groups in total. The molecule has 0 atom stereocenters. The van der Waals surface area contributed by atoms with Crippen molar-refractivity contribution in [1.29, 1.82) is 0 Å². The van der Waals surface area contributed by atoms with Gasteiger partial charge in [0, 0.05) is 24.7 Å². The van der Waals surface area contributed by atoms with Crippen molar-refractivity contribution in [3.8, 4) is 0 Å². The van der Waals surface area contributed by atoms with Crippen molar-refractivity contribution in [1.82, 2.24) is 9.88 Å². The number of fused-ring (bicyclic) bond motifs is 1. The first-order valence-corrected chi connectivity index (χ1v) is 7.49. The Hall–Kier alpha value is -1.33. The minimum Gasteiger partial charge on any atom is -0.397 e. The standard InChI is InChI=1S/C13H14ClN3OS/c14-12-10-8(4-5-16-12)9(15)11(19-10)13(18)17-6-2-1-3-7-17/h4-5H,1-3,6-7,15H2. The van der Waals surface area contributed by atoms with E-state index in [2.05, 4.69) is 4.98 Å².